The van der Waals surface area contributed by atoms with E-state index in [9.17, 15) is 29.1 Å². The van der Waals surface area contributed by atoms with Gasteiger partial charge in [-0.05, 0) is 30.0 Å². The number of phenolic OH excluding ortho intramolecular Hbond substituents is 1. The summed E-state index contributed by atoms with van der Waals surface area (Å²) < 4.78 is 0. The van der Waals surface area contributed by atoms with E-state index in [1.165, 1.54) is 12.1 Å². The number of benzene rings is 1. The number of hydrogen-bond donors (Lipinski definition) is 7. The summed E-state index contributed by atoms with van der Waals surface area (Å²) >= 11 is 0. The number of nitrogens with one attached hydrogen (secondary N) is 3. The van der Waals surface area contributed by atoms with Crippen LogP contribution in [0.25, 0.3) is 0 Å². The minimum atomic E-state index is -1.54. The summed E-state index contributed by atoms with van der Waals surface area (Å²) in [6.45, 7) is 2.54. The Morgan fingerprint density at radius 3 is 2.06 bits per heavy atom. The molecule has 0 aromatic heterocycles. The molecule has 0 spiro atoms. The van der Waals surface area contributed by atoms with Gasteiger partial charge in [-0.15, -0.1) is 0 Å². The molecule has 176 valence electrons. The maximum atomic E-state index is 12.3. The third-order valence-electron chi connectivity index (χ3n) is 4.41. The Labute approximate surface area is 184 Å². The van der Waals surface area contributed by atoms with Gasteiger partial charge in [0.2, 0.25) is 17.7 Å². The summed E-state index contributed by atoms with van der Waals surface area (Å²) in [7, 11) is 0. The fourth-order valence-corrected chi connectivity index (χ4v) is 2.67. The second-order valence-corrected chi connectivity index (χ2v) is 7.48. The van der Waals surface area contributed by atoms with Crippen LogP contribution in [0.15, 0.2) is 24.3 Å². The van der Waals surface area contributed by atoms with Crippen LogP contribution in [-0.4, -0.2) is 69.7 Å². The van der Waals surface area contributed by atoms with Gasteiger partial charge in [0.25, 0.3) is 0 Å². The van der Waals surface area contributed by atoms with Crippen LogP contribution in [0.4, 0.5) is 0 Å². The van der Waals surface area contributed by atoms with Gasteiger partial charge in [-0.1, -0.05) is 26.0 Å². The van der Waals surface area contributed by atoms with E-state index in [-0.39, 0.29) is 12.2 Å². The first kappa shape index (κ1) is 26.4. The summed E-state index contributed by atoms with van der Waals surface area (Å²) in [4.78, 5) is 58.9. The number of carbonyl (C=O) groups is 5. The molecule has 0 saturated heterocycles. The van der Waals surface area contributed by atoms with Crippen molar-refractivity contribution in [3.63, 3.8) is 0 Å². The van der Waals surface area contributed by atoms with E-state index in [0.717, 1.165) is 0 Å². The molecule has 8 N–H and O–H groups in total. The molecule has 1 aromatic rings. The lowest BCUT2D eigenvalue weighted by molar-refractivity contribution is -0.144. The fraction of sp³-hybridized carbons (Fsp3) is 0.450. The van der Waals surface area contributed by atoms with E-state index in [0.29, 0.717) is 5.56 Å². The average Bonchev–Trinajstić information content (AvgIpc) is 2.70. The highest BCUT2D eigenvalue weighted by molar-refractivity contribution is 5.94. The van der Waals surface area contributed by atoms with Crippen molar-refractivity contribution in [2.24, 2.45) is 11.7 Å². The van der Waals surface area contributed by atoms with Crippen molar-refractivity contribution in [2.75, 3.05) is 6.54 Å². The minimum absolute atomic E-state index is 0.0615. The van der Waals surface area contributed by atoms with Crippen LogP contribution in [0.3, 0.4) is 0 Å². The lowest BCUT2D eigenvalue weighted by Crippen LogP contribution is -2.55. The highest BCUT2D eigenvalue weighted by atomic mass is 16.4. The van der Waals surface area contributed by atoms with E-state index in [2.05, 4.69) is 16.0 Å². The molecule has 0 radical (unpaired) electrons. The Hall–Kier alpha value is -3.67. The molecule has 32 heavy (non-hydrogen) atoms. The number of amides is 3. The van der Waals surface area contributed by atoms with Gasteiger partial charge in [-0.3, -0.25) is 19.2 Å². The van der Waals surface area contributed by atoms with Crippen molar-refractivity contribution in [3.05, 3.63) is 29.8 Å². The average molecular weight is 452 g/mol. The normalized spacial score (nSPS) is 13.5. The van der Waals surface area contributed by atoms with Crippen LogP contribution in [0.1, 0.15) is 25.8 Å². The van der Waals surface area contributed by atoms with E-state index >= 15 is 0 Å². The molecule has 12 heteroatoms. The maximum Gasteiger partial charge on any atom is 0.326 e. The van der Waals surface area contributed by atoms with Crippen molar-refractivity contribution >= 4 is 29.7 Å². The molecule has 12 nitrogen and oxygen atoms in total. The van der Waals surface area contributed by atoms with Crippen LogP contribution in [0.2, 0.25) is 0 Å². The quantitative estimate of drug-likeness (QED) is 0.198. The second kappa shape index (κ2) is 12.2. The Morgan fingerprint density at radius 2 is 1.56 bits per heavy atom. The molecule has 0 aliphatic carbocycles. The predicted molar refractivity (Wildman–Crippen MR) is 111 cm³/mol. The summed E-state index contributed by atoms with van der Waals surface area (Å²) in [6, 6.07) is 2.26. The van der Waals surface area contributed by atoms with Gasteiger partial charge in [0, 0.05) is 0 Å². The van der Waals surface area contributed by atoms with Crippen molar-refractivity contribution < 1.29 is 39.3 Å². The number of carboxylic acids is 2. The number of phenols is 1. The number of nitrogens with two attached hydrogens (primary N) is 1. The molecule has 3 unspecified atom stereocenters. The summed E-state index contributed by atoms with van der Waals surface area (Å²) in [5.41, 5.74) is 6.48. The Bertz CT molecular complexity index is 841. The van der Waals surface area contributed by atoms with Gasteiger partial charge < -0.3 is 37.0 Å². The van der Waals surface area contributed by atoms with Gasteiger partial charge in [0.1, 0.15) is 17.8 Å². The molecule has 1 aromatic carbocycles. The molecule has 0 saturated carbocycles. The summed E-state index contributed by atoms with van der Waals surface area (Å²) in [6.07, 6.45) is -0.639. The molecule has 3 amide bonds. The first-order valence-electron chi connectivity index (χ1n) is 9.76. The molecule has 3 atom stereocenters. The number of aliphatic carboxylic acids is 2. The highest BCUT2D eigenvalue weighted by Crippen LogP contribution is 2.10. The number of rotatable bonds is 12. The second-order valence-electron chi connectivity index (χ2n) is 7.48. The lowest BCUT2D eigenvalue weighted by atomic mass is 10.0. The number of carbonyl (C=O) groups excluding carboxylic acids is 3. The van der Waals surface area contributed by atoms with E-state index in [1.807, 2.05) is 0 Å². The predicted octanol–water partition coefficient (Wildman–Crippen LogP) is -1.44. The number of carboxylic acid groups (broad SMARTS) is 2. The van der Waals surface area contributed by atoms with Gasteiger partial charge in [-0.2, -0.15) is 0 Å². The van der Waals surface area contributed by atoms with Crippen molar-refractivity contribution in [2.45, 2.75) is 44.8 Å². The SMILES string of the molecule is CC(C)C(NC(=O)C(CC(=O)O)NC(=O)CNC(=O)C(N)Cc1ccc(O)cc1)C(=O)O. The van der Waals surface area contributed by atoms with Crippen LogP contribution in [0.5, 0.6) is 5.75 Å². The zero-order chi connectivity index (χ0) is 24.4. The Morgan fingerprint density at radius 1 is 0.969 bits per heavy atom. The largest absolute Gasteiger partial charge is 0.508 e. The molecular formula is C20H28N4O8. The molecule has 0 aliphatic heterocycles. The van der Waals surface area contributed by atoms with Gasteiger partial charge in [0.05, 0.1) is 19.0 Å². The van der Waals surface area contributed by atoms with Crippen LogP contribution in [0, 0.1) is 5.92 Å². The van der Waals surface area contributed by atoms with Crippen molar-refractivity contribution in [3.8, 4) is 5.75 Å². The summed E-state index contributed by atoms with van der Waals surface area (Å²) in [5.74, 6) is -5.59. The topological polar surface area (TPSA) is 208 Å². The lowest BCUT2D eigenvalue weighted by Gasteiger charge is -2.22. The first-order valence-corrected chi connectivity index (χ1v) is 9.76. The highest BCUT2D eigenvalue weighted by Gasteiger charge is 2.30. The zero-order valence-electron chi connectivity index (χ0n) is 17.7. The fourth-order valence-electron chi connectivity index (χ4n) is 2.67. The van der Waals surface area contributed by atoms with E-state index in [4.69, 9.17) is 15.9 Å². The van der Waals surface area contributed by atoms with Crippen LogP contribution >= 0.6 is 0 Å². The Balaban J connectivity index is 2.65. The van der Waals surface area contributed by atoms with Gasteiger partial charge in [0.15, 0.2) is 0 Å². The smallest absolute Gasteiger partial charge is 0.326 e. The number of hydrogen-bond acceptors (Lipinski definition) is 7. The molecule has 1 rings (SSSR count). The molecule has 0 bridgehead atoms. The zero-order valence-corrected chi connectivity index (χ0v) is 17.7. The summed E-state index contributed by atoms with van der Waals surface area (Å²) in [5, 5.41) is 34.1. The van der Waals surface area contributed by atoms with Crippen LogP contribution < -0.4 is 21.7 Å². The number of aromatic hydroxyl groups is 1. The monoisotopic (exact) mass is 452 g/mol. The van der Waals surface area contributed by atoms with E-state index in [1.54, 1.807) is 26.0 Å². The standard InChI is InChI=1S/C20H28N4O8/c1-10(2)17(20(31)32)24-19(30)14(8-16(27)28)23-15(26)9-22-18(29)13(21)7-11-3-5-12(25)6-4-11/h3-6,10,13-14,17,25H,7-9,21H2,1-2H3,(H,22,29)(H,23,26)(H,24,30)(H,27,28)(H,31,32). The van der Waals surface area contributed by atoms with Crippen LogP contribution in [-0.2, 0) is 30.4 Å². The van der Waals surface area contributed by atoms with E-state index < -0.39 is 66.7 Å². The molecule has 0 heterocycles. The molecule has 0 aliphatic rings. The third kappa shape index (κ3) is 9.00. The first-order chi connectivity index (χ1) is 14.9. The van der Waals surface area contributed by atoms with Crippen molar-refractivity contribution in [1.82, 2.24) is 16.0 Å². The third-order valence-corrected chi connectivity index (χ3v) is 4.41. The Kier molecular flexibility index (Phi) is 10.1. The van der Waals surface area contributed by atoms with Gasteiger partial charge in [-0.25, -0.2) is 4.79 Å². The maximum absolute atomic E-state index is 12.3. The minimum Gasteiger partial charge on any atom is -0.508 e. The van der Waals surface area contributed by atoms with Crippen molar-refractivity contribution in [1.29, 1.82) is 0 Å². The molecule has 0 fully saturated rings. The van der Waals surface area contributed by atoms with Gasteiger partial charge >= 0.3 is 11.9 Å². The molecular weight excluding hydrogens is 424 g/mol.